The number of aliphatic hydroxyl groups excluding tert-OH is 1. The van der Waals surface area contributed by atoms with Crippen molar-refractivity contribution in [3.05, 3.63) is 23.5 Å². The first kappa shape index (κ1) is 15.1. The quantitative estimate of drug-likeness (QED) is 0.866. The second kappa shape index (κ2) is 4.61. The fraction of sp³-hybridized carbons (Fsp3) is 0.692. The van der Waals surface area contributed by atoms with E-state index in [-0.39, 0.29) is 5.41 Å². The molecule has 1 aromatic heterocycles. The lowest BCUT2D eigenvalue weighted by Crippen LogP contribution is -2.36. The van der Waals surface area contributed by atoms with Crippen LogP contribution < -0.4 is 0 Å². The second-order valence-electron chi connectivity index (χ2n) is 5.70. The summed E-state index contributed by atoms with van der Waals surface area (Å²) in [4.78, 5) is 0. The number of alkyl halides is 3. The fourth-order valence-corrected chi connectivity index (χ4v) is 2.19. The average Bonchev–Trinajstić information content (AvgIpc) is 2.55. The van der Waals surface area contributed by atoms with Crippen molar-refractivity contribution in [3.63, 3.8) is 0 Å². The van der Waals surface area contributed by atoms with Crippen molar-refractivity contribution < 1.29 is 18.3 Å². The molecule has 5 heteroatoms. The molecular formula is C13H20F3NO. The standard InChI is InChI=1S/C13H20F3NO/c1-8-10(12(3,4)5)6-7-17(8)9(2)11(18)13(14,15)16/h6-7,9,11,18H,1-5H3. The summed E-state index contributed by atoms with van der Waals surface area (Å²) in [6.07, 6.45) is -5.34. The Morgan fingerprint density at radius 1 is 1.22 bits per heavy atom. The Balaban J connectivity index is 3.09. The van der Waals surface area contributed by atoms with Gasteiger partial charge in [-0.3, -0.25) is 0 Å². The van der Waals surface area contributed by atoms with Gasteiger partial charge in [-0.1, -0.05) is 20.8 Å². The van der Waals surface area contributed by atoms with Crippen molar-refractivity contribution in [1.82, 2.24) is 4.57 Å². The highest BCUT2D eigenvalue weighted by molar-refractivity contribution is 5.28. The lowest BCUT2D eigenvalue weighted by molar-refractivity contribution is -0.215. The third-order valence-corrected chi connectivity index (χ3v) is 3.22. The maximum atomic E-state index is 12.5. The van der Waals surface area contributed by atoms with Crippen molar-refractivity contribution in [2.45, 2.75) is 58.4 Å². The third-order valence-electron chi connectivity index (χ3n) is 3.22. The molecule has 0 amide bonds. The summed E-state index contributed by atoms with van der Waals surface area (Å²) in [5, 5.41) is 9.30. The predicted molar refractivity (Wildman–Crippen MR) is 64.6 cm³/mol. The van der Waals surface area contributed by atoms with Gasteiger partial charge in [0.25, 0.3) is 0 Å². The molecule has 0 aromatic carbocycles. The molecule has 2 unspecified atom stereocenters. The molecule has 0 aliphatic rings. The van der Waals surface area contributed by atoms with Gasteiger partial charge >= 0.3 is 6.18 Å². The highest BCUT2D eigenvalue weighted by Gasteiger charge is 2.42. The van der Waals surface area contributed by atoms with Crippen LogP contribution in [0.4, 0.5) is 13.2 Å². The van der Waals surface area contributed by atoms with Crippen molar-refractivity contribution in [3.8, 4) is 0 Å². The van der Waals surface area contributed by atoms with Gasteiger partial charge in [0.1, 0.15) is 0 Å². The number of halogens is 3. The van der Waals surface area contributed by atoms with Crippen molar-refractivity contribution in [2.75, 3.05) is 0 Å². The molecule has 0 radical (unpaired) electrons. The molecule has 0 aliphatic heterocycles. The molecule has 2 nitrogen and oxygen atoms in total. The van der Waals surface area contributed by atoms with Crippen LogP contribution in [0.5, 0.6) is 0 Å². The number of rotatable bonds is 2. The van der Waals surface area contributed by atoms with E-state index in [1.54, 1.807) is 13.1 Å². The van der Waals surface area contributed by atoms with E-state index in [4.69, 9.17) is 0 Å². The van der Waals surface area contributed by atoms with E-state index in [9.17, 15) is 18.3 Å². The Hall–Kier alpha value is -0.970. The van der Waals surface area contributed by atoms with Crippen LogP contribution in [0, 0.1) is 6.92 Å². The molecule has 0 fully saturated rings. The summed E-state index contributed by atoms with van der Waals surface area (Å²) >= 11 is 0. The van der Waals surface area contributed by atoms with Gasteiger partial charge < -0.3 is 9.67 Å². The zero-order valence-corrected chi connectivity index (χ0v) is 11.3. The minimum atomic E-state index is -4.60. The van der Waals surface area contributed by atoms with Gasteiger partial charge in [-0.15, -0.1) is 0 Å². The van der Waals surface area contributed by atoms with E-state index in [2.05, 4.69) is 0 Å². The third kappa shape index (κ3) is 2.88. The van der Waals surface area contributed by atoms with Crippen LogP contribution in [0.25, 0.3) is 0 Å². The number of hydrogen-bond acceptors (Lipinski definition) is 1. The molecule has 2 atom stereocenters. The van der Waals surface area contributed by atoms with Crippen molar-refractivity contribution in [2.24, 2.45) is 0 Å². The minimum absolute atomic E-state index is 0.127. The van der Waals surface area contributed by atoms with Crippen molar-refractivity contribution >= 4 is 0 Å². The summed E-state index contributed by atoms with van der Waals surface area (Å²) in [6, 6.07) is 0.788. The maximum Gasteiger partial charge on any atom is 0.416 e. The van der Waals surface area contributed by atoms with E-state index in [0.717, 1.165) is 11.3 Å². The van der Waals surface area contributed by atoms with E-state index in [1.807, 2.05) is 26.8 Å². The molecule has 1 N–H and O–H groups in total. The Bertz CT molecular complexity index is 415. The summed E-state index contributed by atoms with van der Waals surface area (Å²) in [5.41, 5.74) is 1.63. The summed E-state index contributed by atoms with van der Waals surface area (Å²) < 4.78 is 39.0. The molecule has 0 saturated carbocycles. The van der Waals surface area contributed by atoms with Gasteiger partial charge in [-0.05, 0) is 30.9 Å². The summed E-state index contributed by atoms with van der Waals surface area (Å²) in [7, 11) is 0. The van der Waals surface area contributed by atoms with E-state index >= 15 is 0 Å². The highest BCUT2D eigenvalue weighted by atomic mass is 19.4. The van der Waals surface area contributed by atoms with Crippen LogP contribution in [0.15, 0.2) is 12.3 Å². The molecule has 0 saturated heterocycles. The molecule has 1 rings (SSSR count). The molecule has 1 aromatic rings. The lowest BCUT2D eigenvalue weighted by Gasteiger charge is -2.25. The van der Waals surface area contributed by atoms with Crippen LogP contribution in [0.1, 0.15) is 45.0 Å². The largest absolute Gasteiger partial charge is 0.416 e. The van der Waals surface area contributed by atoms with Gasteiger partial charge in [0, 0.05) is 11.9 Å². The zero-order valence-electron chi connectivity index (χ0n) is 11.3. The molecule has 104 valence electrons. The molecule has 1 heterocycles. The Labute approximate surface area is 105 Å². The van der Waals surface area contributed by atoms with Gasteiger partial charge in [0.05, 0.1) is 6.04 Å². The highest BCUT2D eigenvalue weighted by Crippen LogP contribution is 2.32. The number of nitrogens with zero attached hydrogens (tertiary/aromatic N) is 1. The monoisotopic (exact) mass is 263 g/mol. The van der Waals surface area contributed by atoms with Crippen LogP contribution in [-0.2, 0) is 5.41 Å². The van der Waals surface area contributed by atoms with Gasteiger partial charge in [0.2, 0.25) is 0 Å². The lowest BCUT2D eigenvalue weighted by atomic mass is 9.87. The first-order valence-corrected chi connectivity index (χ1v) is 5.89. The molecule has 0 aliphatic carbocycles. The average molecular weight is 263 g/mol. The summed E-state index contributed by atoms with van der Waals surface area (Å²) in [5.74, 6) is 0. The van der Waals surface area contributed by atoms with E-state index < -0.39 is 18.3 Å². The second-order valence-corrected chi connectivity index (χ2v) is 5.70. The first-order chi connectivity index (χ1) is 7.96. The number of hydrogen-bond donors (Lipinski definition) is 1. The van der Waals surface area contributed by atoms with Gasteiger partial charge in [0.15, 0.2) is 6.10 Å². The van der Waals surface area contributed by atoms with Crippen LogP contribution in [0.2, 0.25) is 0 Å². The van der Waals surface area contributed by atoms with Crippen LogP contribution >= 0.6 is 0 Å². The normalized spacial score (nSPS) is 16.7. The SMILES string of the molecule is Cc1c(C(C)(C)C)ccn1C(C)C(O)C(F)(F)F. The first-order valence-electron chi connectivity index (χ1n) is 5.89. The zero-order chi connectivity index (χ0) is 14.3. The molecule has 0 spiro atoms. The smallest absolute Gasteiger partial charge is 0.382 e. The Morgan fingerprint density at radius 2 is 1.72 bits per heavy atom. The van der Waals surface area contributed by atoms with Gasteiger partial charge in [-0.2, -0.15) is 13.2 Å². The van der Waals surface area contributed by atoms with Gasteiger partial charge in [-0.25, -0.2) is 0 Å². The molecule has 0 bridgehead atoms. The predicted octanol–water partition coefficient (Wildman–Crippen LogP) is 3.58. The summed E-state index contributed by atoms with van der Waals surface area (Å²) in [6.45, 7) is 9.16. The number of aromatic nitrogens is 1. The minimum Gasteiger partial charge on any atom is -0.382 e. The van der Waals surface area contributed by atoms with E-state index in [1.165, 1.54) is 11.5 Å². The van der Waals surface area contributed by atoms with Crippen molar-refractivity contribution in [1.29, 1.82) is 0 Å². The topological polar surface area (TPSA) is 25.2 Å². The molecular weight excluding hydrogens is 243 g/mol. The van der Waals surface area contributed by atoms with Crippen LogP contribution in [-0.4, -0.2) is 22.0 Å². The fourth-order valence-electron chi connectivity index (χ4n) is 2.19. The molecule has 18 heavy (non-hydrogen) atoms. The van der Waals surface area contributed by atoms with Crippen LogP contribution in [0.3, 0.4) is 0 Å². The number of aliphatic hydroxyl groups is 1. The maximum absolute atomic E-state index is 12.5. The Kier molecular flexibility index (Phi) is 3.86. The Morgan fingerprint density at radius 3 is 2.06 bits per heavy atom. The van der Waals surface area contributed by atoms with E-state index in [0.29, 0.717) is 0 Å².